The number of para-hydroxylation sites is 3. The van der Waals surface area contributed by atoms with Crippen molar-refractivity contribution in [2.75, 3.05) is 12.3 Å². The molecule has 0 unspecified atom stereocenters. The first-order valence-corrected chi connectivity index (χ1v) is 6.06. The normalized spacial score (nSPS) is 10.1. The fraction of sp³-hybridized carbons (Fsp3) is 0.143. The average molecular weight is 274 g/mol. The summed E-state index contributed by atoms with van der Waals surface area (Å²) in [4.78, 5) is 10.7. The van der Waals surface area contributed by atoms with Crippen molar-refractivity contribution in [1.82, 2.24) is 0 Å². The number of hydrogen-bond donors (Lipinski definition) is 1. The zero-order valence-corrected chi connectivity index (χ0v) is 10.9. The quantitative estimate of drug-likeness (QED) is 0.513. The van der Waals surface area contributed by atoms with Crippen LogP contribution >= 0.6 is 0 Å². The van der Waals surface area contributed by atoms with Crippen LogP contribution in [0.4, 0.5) is 11.4 Å². The maximum absolute atomic E-state index is 11.2. The molecule has 20 heavy (non-hydrogen) atoms. The Bertz CT molecular complexity index is 628. The van der Waals surface area contributed by atoms with Crippen molar-refractivity contribution >= 4 is 11.4 Å². The van der Waals surface area contributed by atoms with E-state index in [9.17, 15) is 10.1 Å². The van der Waals surface area contributed by atoms with Gasteiger partial charge in [0.15, 0.2) is 5.75 Å². The van der Waals surface area contributed by atoms with Crippen molar-refractivity contribution in [1.29, 1.82) is 0 Å². The predicted octanol–water partition coefficient (Wildman–Crippen LogP) is 3.37. The molecule has 0 radical (unpaired) electrons. The molecule has 0 aromatic heterocycles. The molecule has 0 bridgehead atoms. The van der Waals surface area contributed by atoms with Gasteiger partial charge >= 0.3 is 5.69 Å². The molecule has 0 amide bonds. The van der Waals surface area contributed by atoms with Crippen LogP contribution in [-0.2, 0) is 0 Å². The van der Waals surface area contributed by atoms with E-state index in [0.717, 1.165) is 0 Å². The van der Waals surface area contributed by atoms with Crippen molar-refractivity contribution < 1.29 is 14.4 Å². The van der Waals surface area contributed by atoms with Gasteiger partial charge in [0.05, 0.1) is 17.2 Å². The third kappa shape index (κ3) is 2.80. The second kappa shape index (κ2) is 5.92. The summed E-state index contributed by atoms with van der Waals surface area (Å²) in [6, 6.07) is 11.5. The minimum atomic E-state index is -0.528. The SMILES string of the molecule is CCOc1cccc(Oc2ccccc2N)c1[N+](=O)[O-]. The first-order valence-electron chi connectivity index (χ1n) is 6.06. The molecule has 0 aliphatic carbocycles. The number of nitrogens with zero attached hydrogens (tertiary/aromatic N) is 1. The highest BCUT2D eigenvalue weighted by Gasteiger charge is 2.23. The topological polar surface area (TPSA) is 87.6 Å². The van der Waals surface area contributed by atoms with Gasteiger partial charge in [0, 0.05) is 0 Å². The highest BCUT2D eigenvalue weighted by atomic mass is 16.6. The number of nitrogen functional groups attached to an aromatic ring is 1. The fourth-order valence-corrected chi connectivity index (χ4v) is 1.73. The Morgan fingerprint density at radius 2 is 1.75 bits per heavy atom. The van der Waals surface area contributed by atoms with E-state index in [-0.39, 0.29) is 17.2 Å². The molecule has 2 N–H and O–H groups in total. The van der Waals surface area contributed by atoms with Crippen molar-refractivity contribution in [3.05, 3.63) is 52.6 Å². The number of nitrogens with two attached hydrogens (primary N) is 1. The molecule has 6 heteroatoms. The third-order valence-corrected chi connectivity index (χ3v) is 2.58. The van der Waals surface area contributed by atoms with Gasteiger partial charge in [-0.2, -0.15) is 0 Å². The molecule has 0 saturated heterocycles. The second-order valence-electron chi connectivity index (χ2n) is 3.93. The predicted molar refractivity (Wildman–Crippen MR) is 75.2 cm³/mol. The molecule has 0 saturated carbocycles. The van der Waals surface area contributed by atoms with Crippen LogP contribution in [-0.4, -0.2) is 11.5 Å². The van der Waals surface area contributed by atoms with E-state index in [4.69, 9.17) is 15.2 Å². The van der Waals surface area contributed by atoms with E-state index in [1.165, 1.54) is 12.1 Å². The van der Waals surface area contributed by atoms with Crippen LogP contribution < -0.4 is 15.2 Å². The minimum absolute atomic E-state index is 0.0962. The number of hydrogen-bond acceptors (Lipinski definition) is 5. The number of benzene rings is 2. The fourth-order valence-electron chi connectivity index (χ4n) is 1.73. The highest BCUT2D eigenvalue weighted by molar-refractivity contribution is 5.61. The van der Waals surface area contributed by atoms with Gasteiger partial charge in [-0.05, 0) is 31.2 Å². The van der Waals surface area contributed by atoms with Gasteiger partial charge in [0.25, 0.3) is 0 Å². The van der Waals surface area contributed by atoms with Crippen molar-refractivity contribution in [3.8, 4) is 17.2 Å². The van der Waals surface area contributed by atoms with Crippen LogP contribution in [0.15, 0.2) is 42.5 Å². The Labute approximate surface area is 115 Å². The van der Waals surface area contributed by atoms with Gasteiger partial charge in [-0.1, -0.05) is 18.2 Å². The summed E-state index contributed by atoms with van der Waals surface area (Å²) in [6.45, 7) is 2.09. The Hall–Kier alpha value is -2.76. The first kappa shape index (κ1) is 13.7. The summed E-state index contributed by atoms with van der Waals surface area (Å²) >= 11 is 0. The summed E-state index contributed by atoms with van der Waals surface area (Å²) in [5.74, 6) is 0.632. The molecule has 0 spiro atoms. The van der Waals surface area contributed by atoms with E-state index in [1.807, 2.05) is 0 Å². The molecule has 0 aliphatic heterocycles. The van der Waals surface area contributed by atoms with E-state index < -0.39 is 4.92 Å². The van der Waals surface area contributed by atoms with Gasteiger partial charge in [-0.25, -0.2) is 0 Å². The van der Waals surface area contributed by atoms with Crippen LogP contribution in [0.3, 0.4) is 0 Å². The molecule has 2 aromatic carbocycles. The molecule has 104 valence electrons. The smallest absolute Gasteiger partial charge is 0.352 e. The maximum atomic E-state index is 11.2. The summed E-state index contributed by atoms with van der Waals surface area (Å²) in [7, 11) is 0. The summed E-state index contributed by atoms with van der Waals surface area (Å²) in [5, 5.41) is 11.2. The lowest BCUT2D eigenvalue weighted by Gasteiger charge is -2.10. The lowest BCUT2D eigenvalue weighted by molar-refractivity contribution is -0.386. The van der Waals surface area contributed by atoms with E-state index >= 15 is 0 Å². The minimum Gasteiger partial charge on any atom is -0.487 e. The largest absolute Gasteiger partial charge is 0.487 e. The first-order chi connectivity index (χ1) is 9.63. The van der Waals surface area contributed by atoms with Gasteiger partial charge in [-0.15, -0.1) is 0 Å². The number of rotatable bonds is 5. The zero-order chi connectivity index (χ0) is 14.5. The van der Waals surface area contributed by atoms with Gasteiger partial charge < -0.3 is 15.2 Å². The molecule has 2 aromatic rings. The monoisotopic (exact) mass is 274 g/mol. The van der Waals surface area contributed by atoms with Crippen LogP contribution in [0.5, 0.6) is 17.2 Å². The maximum Gasteiger partial charge on any atom is 0.352 e. The van der Waals surface area contributed by atoms with Crippen LogP contribution in [0, 0.1) is 10.1 Å². The Balaban J connectivity index is 2.44. The van der Waals surface area contributed by atoms with Crippen LogP contribution in [0.2, 0.25) is 0 Å². The summed E-state index contributed by atoms with van der Waals surface area (Å²) in [5.41, 5.74) is 5.96. The average Bonchev–Trinajstić information content (AvgIpc) is 2.41. The Morgan fingerprint density at radius 1 is 1.10 bits per heavy atom. The Morgan fingerprint density at radius 3 is 2.40 bits per heavy atom. The van der Waals surface area contributed by atoms with Crippen molar-refractivity contribution in [2.45, 2.75) is 6.92 Å². The molecule has 0 atom stereocenters. The molecule has 6 nitrogen and oxygen atoms in total. The van der Waals surface area contributed by atoms with Crippen LogP contribution in [0.1, 0.15) is 6.92 Å². The lowest BCUT2D eigenvalue weighted by Crippen LogP contribution is -2.00. The van der Waals surface area contributed by atoms with E-state index in [2.05, 4.69) is 0 Å². The number of nitro benzene ring substituents is 1. The van der Waals surface area contributed by atoms with E-state index in [1.54, 1.807) is 37.3 Å². The lowest BCUT2D eigenvalue weighted by atomic mass is 10.2. The molecular formula is C14H14N2O4. The molecule has 0 fully saturated rings. The molecule has 2 rings (SSSR count). The van der Waals surface area contributed by atoms with Crippen molar-refractivity contribution in [2.24, 2.45) is 0 Å². The van der Waals surface area contributed by atoms with Crippen LogP contribution in [0.25, 0.3) is 0 Å². The van der Waals surface area contributed by atoms with Gasteiger partial charge in [0.1, 0.15) is 0 Å². The van der Waals surface area contributed by atoms with Crippen molar-refractivity contribution in [3.63, 3.8) is 0 Å². The number of ether oxygens (including phenoxy) is 2. The third-order valence-electron chi connectivity index (χ3n) is 2.58. The van der Waals surface area contributed by atoms with Gasteiger partial charge in [-0.3, -0.25) is 10.1 Å². The summed E-state index contributed by atoms with van der Waals surface area (Å²) < 4.78 is 10.8. The number of anilines is 1. The summed E-state index contributed by atoms with van der Waals surface area (Å²) in [6.07, 6.45) is 0. The Kier molecular flexibility index (Phi) is 4.05. The highest BCUT2D eigenvalue weighted by Crippen LogP contribution is 2.40. The standard InChI is InChI=1S/C14H14N2O4/c1-2-19-12-8-5-9-13(14(12)16(17)18)20-11-7-4-3-6-10(11)15/h3-9H,2,15H2,1H3. The zero-order valence-electron chi connectivity index (χ0n) is 10.9. The van der Waals surface area contributed by atoms with E-state index in [0.29, 0.717) is 18.0 Å². The molecular weight excluding hydrogens is 260 g/mol. The molecule has 0 aliphatic rings. The number of nitro groups is 1. The second-order valence-corrected chi connectivity index (χ2v) is 3.93. The van der Waals surface area contributed by atoms with Gasteiger partial charge in [0.2, 0.25) is 11.5 Å². The molecule has 0 heterocycles.